The van der Waals surface area contributed by atoms with E-state index in [1.54, 1.807) is 33.2 Å². The SMILES string of the molecule is CC(C)(C)OC(=O)NCCC(=O)N1CCC(Nc2cccnc2)CC1. The number of ether oxygens (including phenoxy) is 1. The number of piperidine rings is 1. The molecule has 0 aliphatic carbocycles. The van der Waals surface area contributed by atoms with Crippen molar-refractivity contribution >= 4 is 17.7 Å². The quantitative estimate of drug-likeness (QED) is 0.854. The number of carbonyl (C=O) groups is 2. The van der Waals surface area contributed by atoms with Crippen LogP contribution in [0.4, 0.5) is 10.5 Å². The normalized spacial score (nSPS) is 15.6. The lowest BCUT2D eigenvalue weighted by atomic mass is 10.0. The molecule has 2 heterocycles. The largest absolute Gasteiger partial charge is 0.444 e. The van der Waals surface area contributed by atoms with Crippen molar-refractivity contribution in [1.82, 2.24) is 15.2 Å². The highest BCUT2D eigenvalue weighted by atomic mass is 16.6. The highest BCUT2D eigenvalue weighted by Gasteiger charge is 2.23. The first-order valence-corrected chi connectivity index (χ1v) is 8.75. The molecule has 0 radical (unpaired) electrons. The third-order valence-electron chi connectivity index (χ3n) is 3.89. The lowest BCUT2D eigenvalue weighted by Gasteiger charge is -2.33. The Morgan fingerprint density at radius 2 is 2.04 bits per heavy atom. The number of aromatic nitrogens is 1. The van der Waals surface area contributed by atoms with Crippen LogP contribution in [0.25, 0.3) is 0 Å². The van der Waals surface area contributed by atoms with Crippen molar-refractivity contribution in [1.29, 1.82) is 0 Å². The monoisotopic (exact) mass is 348 g/mol. The zero-order chi connectivity index (χ0) is 18.3. The Hall–Kier alpha value is -2.31. The summed E-state index contributed by atoms with van der Waals surface area (Å²) in [5.41, 5.74) is 0.478. The first-order chi connectivity index (χ1) is 11.8. The highest BCUT2D eigenvalue weighted by Crippen LogP contribution is 2.16. The van der Waals surface area contributed by atoms with Crippen LogP contribution < -0.4 is 10.6 Å². The fraction of sp³-hybridized carbons (Fsp3) is 0.611. The van der Waals surface area contributed by atoms with Gasteiger partial charge in [0.2, 0.25) is 5.91 Å². The Morgan fingerprint density at radius 3 is 2.64 bits per heavy atom. The van der Waals surface area contributed by atoms with E-state index < -0.39 is 11.7 Å². The number of pyridine rings is 1. The van der Waals surface area contributed by atoms with Crippen molar-refractivity contribution in [3.05, 3.63) is 24.5 Å². The number of alkyl carbamates (subject to hydrolysis) is 1. The van der Waals surface area contributed by atoms with Gasteiger partial charge in [-0.05, 0) is 45.7 Å². The molecule has 0 unspecified atom stereocenters. The highest BCUT2D eigenvalue weighted by molar-refractivity contribution is 5.77. The second-order valence-corrected chi connectivity index (χ2v) is 7.22. The van der Waals surface area contributed by atoms with Gasteiger partial charge in [-0.15, -0.1) is 0 Å². The second-order valence-electron chi connectivity index (χ2n) is 7.22. The van der Waals surface area contributed by atoms with Gasteiger partial charge in [0.05, 0.1) is 5.69 Å². The first-order valence-electron chi connectivity index (χ1n) is 8.75. The van der Waals surface area contributed by atoms with E-state index in [-0.39, 0.29) is 5.91 Å². The molecule has 0 aromatic carbocycles. The van der Waals surface area contributed by atoms with E-state index in [9.17, 15) is 9.59 Å². The summed E-state index contributed by atoms with van der Waals surface area (Å²) in [5, 5.41) is 6.07. The van der Waals surface area contributed by atoms with Crippen LogP contribution in [0.3, 0.4) is 0 Å². The molecule has 0 bridgehead atoms. The van der Waals surface area contributed by atoms with Crippen LogP contribution in [-0.4, -0.2) is 53.2 Å². The van der Waals surface area contributed by atoms with Crippen molar-refractivity contribution < 1.29 is 14.3 Å². The van der Waals surface area contributed by atoms with E-state index in [2.05, 4.69) is 15.6 Å². The average Bonchev–Trinajstić information content (AvgIpc) is 2.54. The van der Waals surface area contributed by atoms with E-state index in [1.165, 1.54) is 0 Å². The van der Waals surface area contributed by atoms with Crippen LogP contribution in [0, 0.1) is 0 Å². The van der Waals surface area contributed by atoms with Crippen molar-refractivity contribution in [2.75, 3.05) is 25.0 Å². The minimum Gasteiger partial charge on any atom is -0.444 e. The van der Waals surface area contributed by atoms with Crippen molar-refractivity contribution in [2.45, 2.75) is 51.7 Å². The van der Waals surface area contributed by atoms with Crippen LogP contribution in [0.2, 0.25) is 0 Å². The van der Waals surface area contributed by atoms with Crippen LogP contribution in [-0.2, 0) is 9.53 Å². The molecule has 7 nitrogen and oxygen atoms in total. The Bertz CT molecular complexity index is 563. The van der Waals surface area contributed by atoms with Gasteiger partial charge in [0.15, 0.2) is 0 Å². The van der Waals surface area contributed by atoms with Gasteiger partial charge in [-0.2, -0.15) is 0 Å². The molecular weight excluding hydrogens is 320 g/mol. The van der Waals surface area contributed by atoms with E-state index in [0.29, 0.717) is 19.0 Å². The van der Waals surface area contributed by atoms with Gasteiger partial charge in [0, 0.05) is 44.5 Å². The minimum atomic E-state index is -0.531. The Morgan fingerprint density at radius 1 is 1.32 bits per heavy atom. The summed E-state index contributed by atoms with van der Waals surface area (Å²) in [6.45, 7) is 7.16. The number of hydrogen-bond donors (Lipinski definition) is 2. The zero-order valence-electron chi connectivity index (χ0n) is 15.2. The van der Waals surface area contributed by atoms with Crippen molar-refractivity contribution in [3.8, 4) is 0 Å². The van der Waals surface area contributed by atoms with Crippen molar-refractivity contribution in [3.63, 3.8) is 0 Å². The first kappa shape index (κ1) is 19.0. The summed E-state index contributed by atoms with van der Waals surface area (Å²) in [6.07, 6.45) is 5.16. The fourth-order valence-electron chi connectivity index (χ4n) is 2.70. The van der Waals surface area contributed by atoms with Gasteiger partial charge < -0.3 is 20.3 Å². The van der Waals surface area contributed by atoms with Gasteiger partial charge >= 0.3 is 6.09 Å². The molecule has 2 rings (SSSR count). The topological polar surface area (TPSA) is 83.6 Å². The molecule has 1 aliphatic heterocycles. The zero-order valence-corrected chi connectivity index (χ0v) is 15.2. The smallest absolute Gasteiger partial charge is 0.407 e. The summed E-state index contributed by atoms with van der Waals surface area (Å²) in [5.74, 6) is 0.0656. The Balaban J connectivity index is 1.65. The number of nitrogens with zero attached hydrogens (tertiary/aromatic N) is 2. The van der Waals surface area contributed by atoms with Crippen LogP contribution >= 0.6 is 0 Å². The van der Waals surface area contributed by atoms with E-state index in [0.717, 1.165) is 31.6 Å². The molecule has 1 aromatic heterocycles. The fourth-order valence-corrected chi connectivity index (χ4v) is 2.70. The Kier molecular flexibility index (Phi) is 6.61. The molecule has 2 amide bonds. The van der Waals surface area contributed by atoms with Crippen LogP contribution in [0.1, 0.15) is 40.0 Å². The number of carbonyl (C=O) groups excluding carboxylic acids is 2. The molecular formula is C18H28N4O3. The standard InChI is InChI=1S/C18H28N4O3/c1-18(2,3)25-17(24)20-10-6-16(23)22-11-7-14(8-12-22)21-15-5-4-9-19-13-15/h4-5,9,13-14,21H,6-8,10-12H2,1-3H3,(H,20,24). The molecule has 1 saturated heterocycles. The van der Waals surface area contributed by atoms with Gasteiger partial charge in [-0.1, -0.05) is 0 Å². The van der Waals surface area contributed by atoms with Gasteiger partial charge in [0.1, 0.15) is 5.60 Å². The number of nitrogens with one attached hydrogen (secondary N) is 2. The van der Waals surface area contributed by atoms with E-state index in [4.69, 9.17) is 4.74 Å². The average molecular weight is 348 g/mol. The number of hydrogen-bond acceptors (Lipinski definition) is 5. The molecule has 1 aromatic rings. The molecule has 138 valence electrons. The van der Waals surface area contributed by atoms with Crippen LogP contribution in [0.15, 0.2) is 24.5 Å². The Labute approximate surface area is 149 Å². The van der Waals surface area contributed by atoms with Gasteiger partial charge in [-0.3, -0.25) is 9.78 Å². The maximum Gasteiger partial charge on any atom is 0.407 e. The minimum absolute atomic E-state index is 0.0656. The molecule has 2 N–H and O–H groups in total. The molecule has 1 fully saturated rings. The second kappa shape index (κ2) is 8.69. The number of likely N-dealkylation sites (tertiary alicyclic amines) is 1. The maximum atomic E-state index is 12.2. The number of rotatable bonds is 5. The predicted octanol–water partition coefficient (Wildman–Crippen LogP) is 2.40. The summed E-state index contributed by atoms with van der Waals surface area (Å²) in [6, 6.07) is 4.25. The lowest BCUT2D eigenvalue weighted by molar-refractivity contribution is -0.132. The number of anilines is 1. The molecule has 7 heteroatoms. The third kappa shape index (κ3) is 6.99. The summed E-state index contributed by atoms with van der Waals surface area (Å²) in [4.78, 5) is 29.7. The third-order valence-corrected chi connectivity index (χ3v) is 3.89. The lowest BCUT2D eigenvalue weighted by Crippen LogP contribution is -2.43. The molecule has 0 spiro atoms. The van der Waals surface area contributed by atoms with Gasteiger partial charge in [-0.25, -0.2) is 4.79 Å². The molecule has 1 aliphatic rings. The summed E-state index contributed by atoms with van der Waals surface area (Å²) < 4.78 is 5.15. The van der Waals surface area contributed by atoms with Gasteiger partial charge in [0.25, 0.3) is 0 Å². The van der Waals surface area contributed by atoms with Crippen molar-refractivity contribution in [2.24, 2.45) is 0 Å². The van der Waals surface area contributed by atoms with E-state index >= 15 is 0 Å². The maximum absolute atomic E-state index is 12.2. The predicted molar refractivity (Wildman–Crippen MR) is 96.3 cm³/mol. The van der Waals surface area contributed by atoms with E-state index in [1.807, 2.05) is 17.0 Å². The van der Waals surface area contributed by atoms with Crippen LogP contribution in [0.5, 0.6) is 0 Å². The summed E-state index contributed by atoms with van der Waals surface area (Å²) >= 11 is 0. The summed E-state index contributed by atoms with van der Waals surface area (Å²) in [7, 11) is 0. The molecule has 0 saturated carbocycles. The number of amides is 2. The molecule has 25 heavy (non-hydrogen) atoms. The molecule has 0 atom stereocenters.